The van der Waals surface area contributed by atoms with Gasteiger partial charge in [0.1, 0.15) is 36.9 Å². The van der Waals surface area contributed by atoms with Crippen LogP contribution in [0.1, 0.15) is 18.1 Å². The number of benzene rings is 2. The fraction of sp³-hybridized carbons (Fsp3) is 0.444. The minimum atomic E-state index is -1.37. The molecule has 2 rings (SSSR count). The van der Waals surface area contributed by atoms with E-state index in [0.29, 0.717) is 53.9 Å². The highest BCUT2D eigenvalue weighted by Gasteiger charge is 2.33. The van der Waals surface area contributed by atoms with E-state index in [4.69, 9.17) is 28.8 Å². The Hall–Kier alpha value is -3.16. The van der Waals surface area contributed by atoms with Crippen LogP contribution in [0, 0.1) is 0 Å². The second-order valence-corrected chi connectivity index (χ2v) is 9.58. The largest absolute Gasteiger partial charge is 0.550 e. The third kappa shape index (κ3) is 10.2. The lowest BCUT2D eigenvalue weighted by atomic mass is 10.1. The lowest BCUT2D eigenvalue weighted by Crippen LogP contribution is -2.54. The molecule has 0 radical (unpaired) electrons. The Kier molecular flexibility index (Phi) is 15.1. The molecule has 0 bridgehead atoms. The number of hydrogen-bond donors (Lipinski definition) is 3. The molecular formula is C27H39NO10S. The molecule has 1 unspecified atom stereocenters. The van der Waals surface area contributed by atoms with Gasteiger partial charge in [0.05, 0.1) is 70.4 Å². The molecule has 0 fully saturated rings. The maximum atomic E-state index is 13.0. The molecule has 0 spiro atoms. The van der Waals surface area contributed by atoms with Crippen LogP contribution in [0.25, 0.3) is 6.08 Å². The van der Waals surface area contributed by atoms with Crippen LogP contribution >= 0.6 is 0 Å². The molecule has 0 amide bonds. The number of ether oxygens (including phenoxy) is 4. The van der Waals surface area contributed by atoms with E-state index in [1.54, 1.807) is 43.9 Å². The molecule has 0 aromatic heterocycles. The first-order valence-electron chi connectivity index (χ1n) is 12.0. The predicted molar refractivity (Wildman–Crippen MR) is 148 cm³/mol. The highest BCUT2D eigenvalue weighted by atomic mass is 32.2. The standard InChI is InChI=1S/C25H36NO8S.C2H4O2/c1-31-20-16-24(33-3)21(25(17-20)34-4)7-14-35(30)18-19-5-6-23(32-2)22(15-19)26(8-11-27,9-12-28)10-13-29;1-2(3)4/h5-7,14-17,27-29H,8-13,18H2,1-4H3;1H3,(H,3,4)/q+1;/p-1/b14-7+;. The Morgan fingerprint density at radius 3 is 1.77 bits per heavy atom. The van der Waals surface area contributed by atoms with Crippen molar-refractivity contribution >= 4 is 28.5 Å². The van der Waals surface area contributed by atoms with E-state index in [9.17, 15) is 19.5 Å². The van der Waals surface area contributed by atoms with Gasteiger partial charge in [-0.3, -0.25) is 8.69 Å². The van der Waals surface area contributed by atoms with E-state index < -0.39 is 16.8 Å². The highest BCUT2D eigenvalue weighted by molar-refractivity contribution is 7.87. The van der Waals surface area contributed by atoms with Crippen molar-refractivity contribution in [3.05, 3.63) is 46.9 Å². The summed E-state index contributed by atoms with van der Waals surface area (Å²) in [4.78, 5) is 8.89. The number of carboxylic acid groups (broad SMARTS) is 1. The molecule has 0 aliphatic heterocycles. The van der Waals surface area contributed by atoms with Crippen molar-refractivity contribution in [3.8, 4) is 23.0 Å². The number of rotatable bonds is 15. The van der Waals surface area contributed by atoms with Crippen molar-refractivity contribution in [2.24, 2.45) is 0 Å². The van der Waals surface area contributed by atoms with Crippen molar-refractivity contribution in [1.29, 1.82) is 0 Å². The lowest BCUT2D eigenvalue weighted by Gasteiger charge is -2.37. The summed E-state index contributed by atoms with van der Waals surface area (Å²) in [7, 11) is 4.80. The summed E-state index contributed by atoms with van der Waals surface area (Å²) in [5, 5.41) is 39.5. The normalized spacial score (nSPS) is 11.9. The smallest absolute Gasteiger partial charge is 0.179 e. The van der Waals surface area contributed by atoms with E-state index >= 15 is 0 Å². The molecule has 0 aliphatic carbocycles. The predicted octanol–water partition coefficient (Wildman–Crippen LogP) is 0.681. The molecule has 0 heterocycles. The molecule has 0 aliphatic rings. The summed E-state index contributed by atoms with van der Waals surface area (Å²) in [5.74, 6) is 1.35. The first kappa shape index (κ1) is 33.9. The molecule has 0 saturated heterocycles. The lowest BCUT2D eigenvalue weighted by molar-refractivity contribution is -0.302. The molecule has 12 heteroatoms. The van der Waals surface area contributed by atoms with Crippen LogP contribution in [0.15, 0.2) is 35.7 Å². The molecule has 2 aromatic rings. The van der Waals surface area contributed by atoms with Gasteiger partial charge in [-0.25, -0.2) is 0 Å². The zero-order chi connectivity index (χ0) is 29.4. The number of hydrogen-bond acceptors (Lipinski definition) is 10. The third-order valence-electron chi connectivity index (χ3n) is 5.79. The second-order valence-electron chi connectivity index (χ2n) is 8.26. The molecule has 1 atom stereocenters. The van der Waals surface area contributed by atoms with Gasteiger partial charge in [0.15, 0.2) is 11.4 Å². The molecular weight excluding hydrogens is 530 g/mol. The van der Waals surface area contributed by atoms with E-state index in [2.05, 4.69) is 0 Å². The number of aliphatic hydroxyl groups is 3. The summed E-state index contributed by atoms with van der Waals surface area (Å²) in [6, 6.07) is 8.91. The van der Waals surface area contributed by atoms with E-state index in [0.717, 1.165) is 12.5 Å². The molecule has 2 aromatic carbocycles. The van der Waals surface area contributed by atoms with Crippen LogP contribution in [-0.4, -0.2) is 93.4 Å². The number of carbonyl (C=O) groups is 1. The van der Waals surface area contributed by atoms with Crippen LogP contribution in [-0.2, 0) is 21.3 Å². The van der Waals surface area contributed by atoms with E-state index in [1.165, 1.54) is 14.2 Å². The zero-order valence-corrected chi connectivity index (χ0v) is 23.9. The van der Waals surface area contributed by atoms with Crippen molar-refractivity contribution in [3.63, 3.8) is 0 Å². The van der Waals surface area contributed by atoms with Crippen LogP contribution in [0.5, 0.6) is 23.0 Å². The van der Waals surface area contributed by atoms with Crippen LogP contribution in [0.4, 0.5) is 5.69 Å². The third-order valence-corrected chi connectivity index (χ3v) is 6.84. The van der Waals surface area contributed by atoms with E-state index in [1.807, 2.05) is 12.1 Å². The molecule has 0 saturated carbocycles. The fourth-order valence-electron chi connectivity index (χ4n) is 4.02. The van der Waals surface area contributed by atoms with Crippen LogP contribution in [0.2, 0.25) is 0 Å². The SMILES string of the molecule is CC(=O)[O-].COc1cc(OC)c(/C=C/S(=O)Cc2ccc(OC)c([N+](CCO)(CCO)CCO)c2)c(OC)c1. The summed E-state index contributed by atoms with van der Waals surface area (Å²) in [5.41, 5.74) is 2.14. The van der Waals surface area contributed by atoms with Gasteiger partial charge in [-0.1, -0.05) is 6.07 Å². The number of nitrogens with zero attached hydrogens (tertiary/aromatic N) is 1. The molecule has 39 heavy (non-hydrogen) atoms. The Balaban J connectivity index is 0.00000177. The summed E-state index contributed by atoms with van der Waals surface area (Å²) < 4.78 is 34.8. The van der Waals surface area contributed by atoms with Gasteiger partial charge in [-0.05, 0) is 24.6 Å². The highest BCUT2D eigenvalue weighted by Crippen LogP contribution is 2.36. The minimum absolute atomic E-state index is 0.131. The van der Waals surface area contributed by atoms with Crippen molar-refractivity contribution in [2.75, 3.05) is 67.9 Å². The Bertz CT molecular complexity index is 1060. The summed E-state index contributed by atoms with van der Waals surface area (Å²) >= 11 is 0. The van der Waals surface area contributed by atoms with Gasteiger partial charge in [0, 0.05) is 29.6 Å². The quantitative estimate of drug-likeness (QED) is 0.261. The van der Waals surface area contributed by atoms with Gasteiger partial charge in [0.25, 0.3) is 0 Å². The van der Waals surface area contributed by atoms with Gasteiger partial charge in [-0.15, -0.1) is 0 Å². The maximum Gasteiger partial charge on any atom is 0.179 e. The first-order valence-corrected chi connectivity index (χ1v) is 13.4. The van der Waals surface area contributed by atoms with Gasteiger partial charge >= 0.3 is 0 Å². The zero-order valence-electron chi connectivity index (χ0n) is 23.0. The summed E-state index contributed by atoms with van der Waals surface area (Å²) in [6.45, 7) is 1.46. The molecule has 11 nitrogen and oxygen atoms in total. The second kappa shape index (κ2) is 17.4. The number of carboxylic acids is 1. The Morgan fingerprint density at radius 1 is 0.872 bits per heavy atom. The van der Waals surface area contributed by atoms with Crippen molar-refractivity contribution in [2.45, 2.75) is 12.7 Å². The van der Waals surface area contributed by atoms with E-state index in [-0.39, 0.29) is 30.1 Å². The average Bonchev–Trinajstić information content (AvgIpc) is 2.91. The number of aliphatic carboxylic acids is 1. The number of carbonyl (C=O) groups excluding carboxylic acids is 1. The van der Waals surface area contributed by atoms with Crippen molar-refractivity contribution in [1.82, 2.24) is 4.48 Å². The monoisotopic (exact) mass is 569 g/mol. The van der Waals surface area contributed by atoms with Crippen molar-refractivity contribution < 1.29 is 48.4 Å². The number of methoxy groups -OCH3 is 4. The van der Waals surface area contributed by atoms with Gasteiger partial charge in [-0.2, -0.15) is 0 Å². The van der Waals surface area contributed by atoms with Crippen LogP contribution < -0.4 is 28.5 Å². The summed E-state index contributed by atoms with van der Waals surface area (Å²) in [6.07, 6.45) is 1.70. The molecule has 3 N–H and O–H groups in total. The maximum absolute atomic E-state index is 13.0. The first-order chi connectivity index (χ1) is 18.6. The Morgan fingerprint density at radius 2 is 1.36 bits per heavy atom. The molecule has 218 valence electrons. The topological polar surface area (TPSA) is 155 Å². The fourth-order valence-corrected chi connectivity index (χ4v) is 4.91. The van der Waals surface area contributed by atoms with Gasteiger partial charge in [0.2, 0.25) is 0 Å². The Labute approximate surface area is 231 Å². The van der Waals surface area contributed by atoms with Crippen LogP contribution in [0.3, 0.4) is 0 Å². The van der Waals surface area contributed by atoms with Gasteiger partial charge < -0.3 is 44.2 Å². The number of aliphatic hydroxyl groups excluding tert-OH is 3. The number of quaternary nitrogens is 1. The average molecular weight is 570 g/mol. The minimum Gasteiger partial charge on any atom is -0.550 e.